The summed E-state index contributed by atoms with van der Waals surface area (Å²) in [4.78, 5) is 8.22. The molecule has 3 heteroatoms. The van der Waals surface area contributed by atoms with Gasteiger partial charge in [-0.2, -0.15) is 0 Å². The van der Waals surface area contributed by atoms with Gasteiger partial charge in [0.05, 0.1) is 5.60 Å². The molecule has 1 heterocycles. The van der Waals surface area contributed by atoms with Gasteiger partial charge in [-0.15, -0.1) is 0 Å². The Labute approximate surface area is 118 Å². The molecule has 3 nitrogen and oxygen atoms in total. The van der Waals surface area contributed by atoms with Crippen LogP contribution >= 0.6 is 0 Å². The Kier molecular flexibility index (Phi) is 2.64. The van der Waals surface area contributed by atoms with Gasteiger partial charge >= 0.3 is 0 Å². The highest BCUT2D eigenvalue weighted by Crippen LogP contribution is 2.52. The molecule has 1 saturated carbocycles. The van der Waals surface area contributed by atoms with Crippen LogP contribution in [0.15, 0.2) is 43.0 Å². The van der Waals surface area contributed by atoms with E-state index in [2.05, 4.69) is 34.2 Å². The summed E-state index contributed by atoms with van der Waals surface area (Å²) in [6.45, 7) is 0. The number of rotatable bonds is 1. The molecule has 4 rings (SSSR count). The molecule has 0 amide bonds. The highest BCUT2D eigenvalue weighted by atomic mass is 16.3. The maximum absolute atomic E-state index is 11.4. The van der Waals surface area contributed by atoms with E-state index in [4.69, 9.17) is 0 Å². The third kappa shape index (κ3) is 1.63. The van der Waals surface area contributed by atoms with E-state index in [1.165, 1.54) is 17.5 Å². The van der Waals surface area contributed by atoms with Crippen molar-refractivity contribution in [3.63, 3.8) is 0 Å². The van der Waals surface area contributed by atoms with Crippen LogP contribution in [0.25, 0.3) is 0 Å². The minimum Gasteiger partial charge on any atom is -0.384 e. The second kappa shape index (κ2) is 4.38. The fourth-order valence-corrected chi connectivity index (χ4v) is 4.16. The predicted molar refractivity (Wildman–Crippen MR) is 76.0 cm³/mol. The summed E-state index contributed by atoms with van der Waals surface area (Å²) >= 11 is 0. The predicted octanol–water partition coefficient (Wildman–Crippen LogP) is 2.49. The van der Waals surface area contributed by atoms with Gasteiger partial charge in [-0.05, 0) is 48.6 Å². The van der Waals surface area contributed by atoms with E-state index >= 15 is 0 Å². The van der Waals surface area contributed by atoms with Gasteiger partial charge in [-0.3, -0.25) is 0 Å². The van der Waals surface area contributed by atoms with Crippen molar-refractivity contribution in [1.82, 2.24) is 9.97 Å². The molecule has 0 aliphatic heterocycles. The van der Waals surface area contributed by atoms with E-state index in [0.29, 0.717) is 0 Å². The summed E-state index contributed by atoms with van der Waals surface area (Å²) in [5.74, 6) is 0.560. The molecule has 20 heavy (non-hydrogen) atoms. The first-order valence-electron chi connectivity index (χ1n) is 7.33. The van der Waals surface area contributed by atoms with Gasteiger partial charge in [0, 0.05) is 18.0 Å². The smallest absolute Gasteiger partial charge is 0.115 e. The van der Waals surface area contributed by atoms with Crippen molar-refractivity contribution >= 4 is 0 Å². The van der Waals surface area contributed by atoms with Gasteiger partial charge in [-0.25, -0.2) is 9.97 Å². The SMILES string of the molecule is OC1(c2cncnc2)C2CCC1Cc1ccccc1C2. The molecule has 1 aromatic carbocycles. The zero-order valence-electron chi connectivity index (χ0n) is 11.4. The molecular weight excluding hydrogens is 248 g/mol. The third-order valence-corrected chi connectivity index (χ3v) is 5.18. The summed E-state index contributed by atoms with van der Waals surface area (Å²) < 4.78 is 0. The molecule has 2 aliphatic carbocycles. The number of aliphatic hydroxyl groups is 1. The molecular formula is C17H18N2O. The minimum absolute atomic E-state index is 0.280. The normalized spacial score (nSPS) is 31.6. The zero-order chi connectivity index (χ0) is 13.6. The van der Waals surface area contributed by atoms with Crippen LogP contribution in [0.3, 0.4) is 0 Å². The first-order chi connectivity index (χ1) is 9.78. The molecule has 2 bridgehead atoms. The fourth-order valence-electron chi connectivity index (χ4n) is 4.16. The van der Waals surface area contributed by atoms with E-state index in [1.807, 2.05) is 0 Å². The summed E-state index contributed by atoms with van der Waals surface area (Å²) in [6.07, 6.45) is 9.19. The lowest BCUT2D eigenvalue weighted by Gasteiger charge is -2.33. The van der Waals surface area contributed by atoms with Crippen molar-refractivity contribution < 1.29 is 5.11 Å². The van der Waals surface area contributed by atoms with Crippen LogP contribution < -0.4 is 0 Å². The van der Waals surface area contributed by atoms with E-state index in [-0.39, 0.29) is 11.8 Å². The Balaban J connectivity index is 1.81. The number of aromatic nitrogens is 2. The molecule has 102 valence electrons. The quantitative estimate of drug-likeness (QED) is 0.862. The van der Waals surface area contributed by atoms with Gasteiger partial charge in [0.2, 0.25) is 0 Å². The minimum atomic E-state index is -0.764. The Morgan fingerprint density at radius 3 is 2.05 bits per heavy atom. The molecule has 0 radical (unpaired) electrons. The number of hydrogen-bond donors (Lipinski definition) is 1. The number of hydrogen-bond acceptors (Lipinski definition) is 3. The van der Waals surface area contributed by atoms with Gasteiger partial charge in [0.25, 0.3) is 0 Å². The average Bonchev–Trinajstić information content (AvgIpc) is 2.72. The van der Waals surface area contributed by atoms with Gasteiger partial charge < -0.3 is 5.11 Å². The Bertz CT molecular complexity index is 593. The van der Waals surface area contributed by atoms with Crippen LogP contribution in [0, 0.1) is 11.8 Å². The number of fused-ring (bicyclic) bond motifs is 3. The maximum Gasteiger partial charge on any atom is 0.115 e. The lowest BCUT2D eigenvalue weighted by molar-refractivity contribution is -0.0401. The van der Waals surface area contributed by atoms with Crippen molar-refractivity contribution in [2.45, 2.75) is 31.3 Å². The first-order valence-corrected chi connectivity index (χ1v) is 7.33. The highest BCUT2D eigenvalue weighted by molar-refractivity contribution is 5.34. The van der Waals surface area contributed by atoms with Crippen molar-refractivity contribution in [3.05, 3.63) is 59.7 Å². The van der Waals surface area contributed by atoms with Crippen molar-refractivity contribution in [2.24, 2.45) is 11.8 Å². The highest BCUT2D eigenvalue weighted by Gasteiger charge is 2.51. The van der Waals surface area contributed by atoms with E-state index in [1.54, 1.807) is 12.4 Å². The van der Waals surface area contributed by atoms with E-state index in [0.717, 1.165) is 31.2 Å². The van der Waals surface area contributed by atoms with Crippen molar-refractivity contribution in [3.8, 4) is 0 Å². The lowest BCUT2D eigenvalue weighted by Crippen LogP contribution is -2.37. The standard InChI is InChI=1S/C17H18N2O/c20-17(16-9-18-11-19-10-16)14-5-6-15(17)8-13-4-2-1-3-12(13)7-14/h1-4,9-11,14-15,20H,5-8H2. The zero-order valence-corrected chi connectivity index (χ0v) is 11.4. The average molecular weight is 266 g/mol. The van der Waals surface area contributed by atoms with Gasteiger partial charge in [0.15, 0.2) is 0 Å². The van der Waals surface area contributed by atoms with Crippen LogP contribution in [0.5, 0.6) is 0 Å². The van der Waals surface area contributed by atoms with Crippen LogP contribution in [0.4, 0.5) is 0 Å². The molecule has 0 spiro atoms. The summed E-state index contributed by atoms with van der Waals surface area (Å²) in [5.41, 5.74) is 2.92. The number of nitrogens with zero attached hydrogens (tertiary/aromatic N) is 2. The maximum atomic E-state index is 11.4. The van der Waals surface area contributed by atoms with Gasteiger partial charge in [-0.1, -0.05) is 24.3 Å². The summed E-state index contributed by atoms with van der Waals surface area (Å²) in [7, 11) is 0. The van der Waals surface area contributed by atoms with Crippen LogP contribution in [-0.4, -0.2) is 15.1 Å². The molecule has 2 aromatic rings. The monoisotopic (exact) mass is 266 g/mol. The molecule has 1 N–H and O–H groups in total. The van der Waals surface area contributed by atoms with Crippen LogP contribution in [0.1, 0.15) is 29.5 Å². The second-order valence-corrected chi connectivity index (χ2v) is 6.10. The van der Waals surface area contributed by atoms with Crippen molar-refractivity contribution in [2.75, 3.05) is 0 Å². The molecule has 1 aromatic heterocycles. The van der Waals surface area contributed by atoms with E-state index < -0.39 is 5.60 Å². The van der Waals surface area contributed by atoms with Crippen LogP contribution in [-0.2, 0) is 18.4 Å². The summed E-state index contributed by atoms with van der Waals surface area (Å²) in [6, 6.07) is 8.61. The molecule has 2 unspecified atom stereocenters. The molecule has 2 aliphatic rings. The molecule has 0 saturated heterocycles. The van der Waals surface area contributed by atoms with Crippen molar-refractivity contribution in [1.29, 1.82) is 0 Å². The Hall–Kier alpha value is -1.74. The second-order valence-electron chi connectivity index (χ2n) is 6.10. The lowest BCUT2D eigenvalue weighted by atomic mass is 9.78. The first kappa shape index (κ1) is 12.0. The summed E-state index contributed by atoms with van der Waals surface area (Å²) in [5, 5.41) is 11.4. The molecule has 1 fully saturated rings. The van der Waals surface area contributed by atoms with E-state index in [9.17, 15) is 5.11 Å². The third-order valence-electron chi connectivity index (χ3n) is 5.18. The number of benzene rings is 1. The Morgan fingerprint density at radius 2 is 1.50 bits per heavy atom. The Morgan fingerprint density at radius 1 is 0.950 bits per heavy atom. The fraction of sp³-hybridized carbons (Fsp3) is 0.412. The largest absolute Gasteiger partial charge is 0.384 e. The van der Waals surface area contributed by atoms with Crippen LogP contribution in [0.2, 0.25) is 0 Å². The van der Waals surface area contributed by atoms with Gasteiger partial charge in [0.1, 0.15) is 6.33 Å². The topological polar surface area (TPSA) is 46.0 Å². The molecule has 2 atom stereocenters.